The van der Waals surface area contributed by atoms with E-state index in [0.29, 0.717) is 36.4 Å². The maximum absolute atomic E-state index is 13.6. The summed E-state index contributed by atoms with van der Waals surface area (Å²) in [7, 11) is 1.62. The highest BCUT2D eigenvalue weighted by atomic mass is 16.5. The molecule has 2 aliphatic rings. The molecular formula is C32H38N4O5. The molecule has 1 amide bonds. The number of nitrogens with zero attached hydrogens (tertiary/aromatic N) is 4. The van der Waals surface area contributed by atoms with E-state index in [4.69, 9.17) is 9.47 Å². The molecule has 2 aliphatic heterocycles. The maximum atomic E-state index is 13.6. The van der Waals surface area contributed by atoms with Gasteiger partial charge in [0.1, 0.15) is 23.7 Å². The molecule has 216 valence electrons. The lowest BCUT2D eigenvalue weighted by Crippen LogP contribution is -2.45. The lowest BCUT2D eigenvalue weighted by atomic mass is 9.98. The Morgan fingerprint density at radius 3 is 2.63 bits per heavy atom. The average Bonchev–Trinajstić information content (AvgIpc) is 3.30. The van der Waals surface area contributed by atoms with Gasteiger partial charge in [-0.1, -0.05) is 50.1 Å². The monoisotopic (exact) mass is 558 g/mol. The van der Waals surface area contributed by atoms with Crippen molar-refractivity contribution < 1.29 is 24.2 Å². The molecule has 9 nitrogen and oxygen atoms in total. The summed E-state index contributed by atoms with van der Waals surface area (Å²) in [6.45, 7) is 4.20. The second kappa shape index (κ2) is 13.0. The summed E-state index contributed by atoms with van der Waals surface area (Å²) >= 11 is 0. The smallest absolute Gasteiger partial charge is 0.339 e. The Morgan fingerprint density at radius 2 is 1.88 bits per heavy atom. The number of rotatable bonds is 10. The maximum Gasteiger partial charge on any atom is 0.339 e. The van der Waals surface area contributed by atoms with Crippen molar-refractivity contribution in [3.8, 4) is 11.5 Å². The zero-order valence-corrected chi connectivity index (χ0v) is 23.8. The minimum atomic E-state index is -1.09. The van der Waals surface area contributed by atoms with Gasteiger partial charge >= 0.3 is 5.97 Å². The van der Waals surface area contributed by atoms with E-state index in [1.165, 1.54) is 11.8 Å². The van der Waals surface area contributed by atoms with E-state index in [0.717, 1.165) is 50.0 Å². The number of para-hydroxylation sites is 1. The second-order valence-electron chi connectivity index (χ2n) is 10.8. The van der Waals surface area contributed by atoms with Crippen LogP contribution >= 0.6 is 0 Å². The van der Waals surface area contributed by atoms with Gasteiger partial charge in [0, 0.05) is 31.4 Å². The summed E-state index contributed by atoms with van der Waals surface area (Å²) in [4.78, 5) is 38.7. The summed E-state index contributed by atoms with van der Waals surface area (Å²) in [5.74, 6) is 1.15. The van der Waals surface area contributed by atoms with E-state index in [1.807, 2.05) is 53.4 Å². The van der Waals surface area contributed by atoms with Gasteiger partial charge in [0.05, 0.1) is 25.3 Å². The first-order valence-corrected chi connectivity index (χ1v) is 14.4. The zero-order chi connectivity index (χ0) is 28.8. The molecule has 0 radical (unpaired) electrons. The molecule has 0 aliphatic carbocycles. The van der Waals surface area contributed by atoms with Gasteiger partial charge in [-0.3, -0.25) is 4.79 Å². The minimum Gasteiger partial charge on any atom is -0.496 e. The first kappa shape index (κ1) is 28.4. The number of aryl methyl sites for hydroxylation is 1. The lowest BCUT2D eigenvalue weighted by Gasteiger charge is -2.30. The summed E-state index contributed by atoms with van der Waals surface area (Å²) in [5, 5.41) is 9.77. The molecule has 1 aromatic heterocycles. The van der Waals surface area contributed by atoms with Crippen LogP contribution in [-0.2, 0) is 24.2 Å². The fourth-order valence-electron chi connectivity index (χ4n) is 5.97. The first-order chi connectivity index (χ1) is 20.0. The molecule has 9 heteroatoms. The fraction of sp³-hybridized carbons (Fsp3) is 0.438. The average molecular weight is 559 g/mol. The van der Waals surface area contributed by atoms with Crippen LogP contribution in [0.15, 0.2) is 54.7 Å². The number of carbonyl (C=O) groups excluding carboxylic acids is 1. The normalized spacial score (nSPS) is 18.5. The highest BCUT2D eigenvalue weighted by Crippen LogP contribution is 2.33. The fourth-order valence-corrected chi connectivity index (χ4v) is 5.97. The van der Waals surface area contributed by atoms with Crippen molar-refractivity contribution in [1.82, 2.24) is 14.9 Å². The minimum absolute atomic E-state index is 0.0223. The van der Waals surface area contributed by atoms with Gasteiger partial charge in [0.15, 0.2) is 0 Å². The van der Waals surface area contributed by atoms with E-state index < -0.39 is 5.97 Å². The number of aromatic carboxylic acids is 1. The molecule has 2 aromatic carbocycles. The summed E-state index contributed by atoms with van der Waals surface area (Å²) in [6.07, 6.45) is 6.79. The predicted molar refractivity (Wildman–Crippen MR) is 156 cm³/mol. The Morgan fingerprint density at radius 1 is 1.07 bits per heavy atom. The quantitative estimate of drug-likeness (QED) is 0.379. The van der Waals surface area contributed by atoms with E-state index in [1.54, 1.807) is 7.11 Å². The number of benzene rings is 2. The number of likely N-dealkylation sites (tertiary alicyclic amines) is 1. The molecule has 41 heavy (non-hydrogen) atoms. The van der Waals surface area contributed by atoms with Crippen LogP contribution in [0.1, 0.15) is 59.8 Å². The summed E-state index contributed by atoms with van der Waals surface area (Å²) in [6, 6.07) is 15.5. The van der Waals surface area contributed by atoms with Crippen molar-refractivity contribution in [1.29, 1.82) is 0 Å². The van der Waals surface area contributed by atoms with Crippen molar-refractivity contribution in [2.24, 2.45) is 5.92 Å². The molecule has 0 spiro atoms. The number of fused-ring (bicyclic) bond motifs is 1. The number of anilines is 1. The van der Waals surface area contributed by atoms with Crippen molar-refractivity contribution in [3.63, 3.8) is 0 Å². The third-order valence-corrected chi connectivity index (χ3v) is 8.09. The number of carboxylic acids is 1. The van der Waals surface area contributed by atoms with Gasteiger partial charge in [-0.2, -0.15) is 0 Å². The van der Waals surface area contributed by atoms with Crippen LogP contribution in [0.2, 0.25) is 0 Å². The molecule has 0 unspecified atom stereocenters. The molecular weight excluding hydrogens is 520 g/mol. The van der Waals surface area contributed by atoms with Gasteiger partial charge in [-0.15, -0.1) is 0 Å². The first-order valence-electron chi connectivity index (χ1n) is 14.4. The molecule has 3 aromatic rings. The van der Waals surface area contributed by atoms with Gasteiger partial charge in [0.25, 0.3) is 0 Å². The van der Waals surface area contributed by atoms with Crippen molar-refractivity contribution >= 4 is 17.8 Å². The number of carboxylic acid groups (broad SMARTS) is 1. The third-order valence-electron chi connectivity index (χ3n) is 8.09. The Bertz CT molecular complexity index is 1360. The van der Waals surface area contributed by atoms with E-state index in [-0.39, 0.29) is 30.5 Å². The lowest BCUT2D eigenvalue weighted by molar-refractivity contribution is -0.132. The number of aromatic nitrogens is 2. The largest absolute Gasteiger partial charge is 0.496 e. The highest BCUT2D eigenvalue weighted by molar-refractivity contribution is 5.88. The van der Waals surface area contributed by atoms with Crippen molar-refractivity contribution in [2.45, 2.75) is 58.1 Å². The predicted octanol–water partition coefficient (Wildman–Crippen LogP) is 4.77. The zero-order valence-electron chi connectivity index (χ0n) is 23.8. The molecule has 0 saturated carbocycles. The number of hydrogen-bond acceptors (Lipinski definition) is 7. The number of hydrogen-bond donors (Lipinski definition) is 1. The van der Waals surface area contributed by atoms with Crippen LogP contribution in [-0.4, -0.2) is 64.6 Å². The van der Waals surface area contributed by atoms with Crippen LogP contribution in [0.3, 0.4) is 0 Å². The molecule has 0 bridgehead atoms. The molecule has 3 heterocycles. The van der Waals surface area contributed by atoms with Crippen LogP contribution < -0.4 is 14.4 Å². The number of ether oxygens (including phenoxy) is 2. The van der Waals surface area contributed by atoms with E-state index in [9.17, 15) is 14.7 Å². The molecule has 2 fully saturated rings. The summed E-state index contributed by atoms with van der Waals surface area (Å²) in [5.41, 5.74) is 2.47. The Kier molecular flexibility index (Phi) is 9.01. The third kappa shape index (κ3) is 6.61. The number of methoxy groups -OCH3 is 1. The van der Waals surface area contributed by atoms with E-state index >= 15 is 0 Å². The van der Waals surface area contributed by atoms with Crippen LogP contribution in [0, 0.1) is 5.92 Å². The topological polar surface area (TPSA) is 105 Å². The molecule has 2 saturated heterocycles. The standard InChI is InChI=1S/C32H38N4O5/c1-3-8-22-12-14-25(15-13-22)41-21-27-26(31(38)39)18-33-32(34-27)35-19-24-10-6-7-16-36(28(24)20-35)30(37)17-23-9-4-5-11-29(23)40-2/h4-5,9,11-15,18,24,28H,3,6-8,10,16-17,19-21H2,1-2H3,(H,38,39)/t24-,28+/m0/s1. The van der Waals surface area contributed by atoms with Crippen molar-refractivity contribution in [3.05, 3.63) is 77.1 Å². The molecule has 1 N–H and O–H groups in total. The van der Waals surface area contributed by atoms with Gasteiger partial charge in [-0.05, 0) is 48.9 Å². The van der Waals surface area contributed by atoms with E-state index in [2.05, 4.69) is 21.8 Å². The van der Waals surface area contributed by atoms with Crippen LogP contribution in [0.25, 0.3) is 0 Å². The molecule has 2 atom stereocenters. The van der Waals surface area contributed by atoms with Crippen molar-refractivity contribution in [2.75, 3.05) is 31.6 Å². The van der Waals surface area contributed by atoms with Gasteiger partial charge in [-0.25, -0.2) is 14.8 Å². The molecule has 5 rings (SSSR count). The second-order valence-corrected chi connectivity index (χ2v) is 10.8. The number of amides is 1. The highest BCUT2D eigenvalue weighted by Gasteiger charge is 2.40. The Hall–Kier alpha value is -4.14. The van der Waals surface area contributed by atoms with Gasteiger partial charge in [0.2, 0.25) is 11.9 Å². The van der Waals surface area contributed by atoms with Crippen LogP contribution in [0.4, 0.5) is 5.95 Å². The number of carbonyl (C=O) groups is 2. The SMILES string of the molecule is CCCc1ccc(OCc2nc(N3C[C@@H]4CCCCN(C(=O)Cc5ccccc5OC)[C@@H]4C3)ncc2C(=O)O)cc1. The van der Waals surface area contributed by atoms with Gasteiger partial charge < -0.3 is 24.4 Å². The summed E-state index contributed by atoms with van der Waals surface area (Å²) < 4.78 is 11.4. The Balaban J connectivity index is 1.31. The van der Waals surface area contributed by atoms with Crippen LogP contribution in [0.5, 0.6) is 11.5 Å². The Labute approximate surface area is 241 Å².